The van der Waals surface area contributed by atoms with Gasteiger partial charge >= 0.3 is 0 Å². The number of rotatable bonds is 3. The largest absolute Gasteiger partial charge is 0.388 e. The first-order chi connectivity index (χ1) is 10.1. The lowest BCUT2D eigenvalue weighted by atomic mass is 9.65. The van der Waals surface area contributed by atoms with E-state index in [0.717, 1.165) is 19.3 Å². The lowest BCUT2D eigenvalue weighted by Gasteiger charge is -2.53. The van der Waals surface area contributed by atoms with Crippen LogP contribution in [0.25, 0.3) is 0 Å². The summed E-state index contributed by atoms with van der Waals surface area (Å²) < 4.78 is 25.8. The molecule has 124 valence electrons. The first-order valence-corrected chi connectivity index (χ1v) is 9.57. The van der Waals surface area contributed by atoms with Gasteiger partial charge in [0.25, 0.3) is 0 Å². The maximum Gasteiger partial charge on any atom is 0.186 e. The molecular weight excluding hydrogens is 296 g/mol. The van der Waals surface area contributed by atoms with Gasteiger partial charge in [-0.1, -0.05) is 58.2 Å². The number of aliphatic hydroxyl groups is 1. The number of hydrogen-bond donors (Lipinski definition) is 1. The molecule has 0 amide bonds. The first kappa shape index (κ1) is 17.5. The SMILES string of the molecule is CC(C)(C)C(C)(O)C1(S(=O)(=O)c2ccccc2)CCCCC1. The van der Waals surface area contributed by atoms with Crippen molar-refractivity contribution in [3.63, 3.8) is 0 Å². The maximum atomic E-state index is 13.4. The molecule has 1 unspecified atom stereocenters. The lowest BCUT2D eigenvalue weighted by Crippen LogP contribution is -2.64. The molecule has 0 bridgehead atoms. The Morgan fingerprint density at radius 1 is 0.955 bits per heavy atom. The van der Waals surface area contributed by atoms with E-state index in [1.54, 1.807) is 31.2 Å². The van der Waals surface area contributed by atoms with Crippen LogP contribution in [0.3, 0.4) is 0 Å². The van der Waals surface area contributed by atoms with Crippen molar-refractivity contribution in [3.8, 4) is 0 Å². The Hall–Kier alpha value is -0.870. The van der Waals surface area contributed by atoms with Gasteiger partial charge in [-0.25, -0.2) is 8.42 Å². The van der Waals surface area contributed by atoms with Gasteiger partial charge in [0.1, 0.15) is 4.75 Å². The normalized spacial score (nSPS) is 22.0. The molecular formula is C18H28O3S. The van der Waals surface area contributed by atoms with E-state index in [9.17, 15) is 13.5 Å². The second kappa shape index (κ2) is 5.64. The van der Waals surface area contributed by atoms with Crippen LogP contribution in [0.2, 0.25) is 0 Å². The van der Waals surface area contributed by atoms with Gasteiger partial charge in [0.15, 0.2) is 9.84 Å². The third kappa shape index (κ3) is 2.50. The zero-order valence-corrected chi connectivity index (χ0v) is 14.9. The Balaban J connectivity index is 2.66. The molecule has 0 radical (unpaired) electrons. The van der Waals surface area contributed by atoms with Crippen LogP contribution in [0.5, 0.6) is 0 Å². The molecule has 1 atom stereocenters. The van der Waals surface area contributed by atoms with Crippen molar-refractivity contribution in [2.24, 2.45) is 5.41 Å². The van der Waals surface area contributed by atoms with Gasteiger partial charge in [0.2, 0.25) is 0 Å². The highest BCUT2D eigenvalue weighted by Gasteiger charge is 2.61. The topological polar surface area (TPSA) is 54.4 Å². The van der Waals surface area contributed by atoms with Gasteiger partial charge in [-0.15, -0.1) is 0 Å². The van der Waals surface area contributed by atoms with Crippen LogP contribution in [0.4, 0.5) is 0 Å². The van der Waals surface area contributed by atoms with E-state index in [-0.39, 0.29) is 0 Å². The lowest BCUT2D eigenvalue weighted by molar-refractivity contribution is -0.0858. The van der Waals surface area contributed by atoms with E-state index >= 15 is 0 Å². The smallest absolute Gasteiger partial charge is 0.186 e. The number of benzene rings is 1. The summed E-state index contributed by atoms with van der Waals surface area (Å²) >= 11 is 0. The average molecular weight is 324 g/mol. The molecule has 0 spiro atoms. The first-order valence-electron chi connectivity index (χ1n) is 8.08. The third-order valence-electron chi connectivity index (χ3n) is 5.58. The molecule has 1 aliphatic rings. The molecule has 1 aromatic rings. The Bertz CT molecular complexity index is 603. The van der Waals surface area contributed by atoms with Gasteiger partial charge in [0, 0.05) is 0 Å². The molecule has 0 heterocycles. The molecule has 0 aliphatic heterocycles. The summed E-state index contributed by atoms with van der Waals surface area (Å²) in [6.45, 7) is 7.47. The van der Waals surface area contributed by atoms with Crippen LogP contribution in [0.1, 0.15) is 59.8 Å². The van der Waals surface area contributed by atoms with Crippen LogP contribution in [-0.2, 0) is 9.84 Å². The van der Waals surface area contributed by atoms with Crippen molar-refractivity contribution in [1.82, 2.24) is 0 Å². The minimum Gasteiger partial charge on any atom is -0.388 e. The number of sulfone groups is 1. The summed E-state index contributed by atoms with van der Waals surface area (Å²) in [5.74, 6) is 0. The highest BCUT2D eigenvalue weighted by atomic mass is 32.2. The molecule has 3 nitrogen and oxygen atoms in total. The zero-order chi connectivity index (χ0) is 16.6. The Labute approximate surface area is 134 Å². The maximum absolute atomic E-state index is 13.4. The van der Waals surface area contributed by atoms with Crippen LogP contribution in [0.15, 0.2) is 35.2 Å². The summed E-state index contributed by atoms with van der Waals surface area (Å²) in [7, 11) is -3.61. The van der Waals surface area contributed by atoms with E-state index in [2.05, 4.69) is 0 Å². The predicted molar refractivity (Wildman–Crippen MR) is 89.5 cm³/mol. The summed E-state index contributed by atoms with van der Waals surface area (Å²) in [6.07, 6.45) is 3.77. The van der Waals surface area contributed by atoms with Gasteiger partial charge in [0.05, 0.1) is 10.5 Å². The molecule has 0 aromatic heterocycles. The van der Waals surface area contributed by atoms with Gasteiger partial charge in [-0.05, 0) is 37.3 Å². The van der Waals surface area contributed by atoms with Crippen molar-refractivity contribution in [2.75, 3.05) is 0 Å². The third-order valence-corrected chi connectivity index (χ3v) is 8.30. The van der Waals surface area contributed by atoms with Crippen LogP contribution in [0, 0.1) is 5.41 Å². The van der Waals surface area contributed by atoms with Crippen molar-refractivity contribution in [1.29, 1.82) is 0 Å². The fourth-order valence-corrected chi connectivity index (χ4v) is 6.27. The summed E-state index contributed by atoms with van der Waals surface area (Å²) in [6, 6.07) is 8.59. The molecule has 1 aliphatic carbocycles. The van der Waals surface area contributed by atoms with Crippen molar-refractivity contribution in [3.05, 3.63) is 30.3 Å². The Morgan fingerprint density at radius 3 is 1.91 bits per heavy atom. The van der Waals surface area contributed by atoms with Crippen LogP contribution in [-0.4, -0.2) is 23.9 Å². The Morgan fingerprint density at radius 2 is 1.45 bits per heavy atom. The van der Waals surface area contributed by atoms with Gasteiger partial charge in [-0.2, -0.15) is 0 Å². The monoisotopic (exact) mass is 324 g/mol. The van der Waals surface area contributed by atoms with E-state index in [0.29, 0.717) is 17.7 Å². The summed E-state index contributed by atoms with van der Waals surface area (Å²) in [5, 5.41) is 11.3. The molecule has 1 aromatic carbocycles. The van der Waals surface area contributed by atoms with E-state index in [1.807, 2.05) is 26.8 Å². The fourth-order valence-electron chi connectivity index (χ4n) is 3.65. The standard InChI is InChI=1S/C18H28O3S/c1-16(2,3)17(4,19)18(13-9-6-10-14-18)22(20,21)15-11-7-5-8-12-15/h5,7-8,11-12,19H,6,9-10,13-14H2,1-4H3. The van der Waals surface area contributed by atoms with E-state index in [4.69, 9.17) is 0 Å². The fraction of sp³-hybridized carbons (Fsp3) is 0.667. The Kier molecular flexibility index (Phi) is 4.48. The summed E-state index contributed by atoms with van der Waals surface area (Å²) in [5.41, 5.74) is -1.82. The molecule has 4 heteroatoms. The predicted octanol–water partition coefficient (Wildman–Crippen LogP) is 3.96. The zero-order valence-electron chi connectivity index (χ0n) is 14.1. The van der Waals surface area contributed by atoms with E-state index < -0.39 is 25.6 Å². The molecule has 1 N–H and O–H groups in total. The van der Waals surface area contributed by atoms with Crippen LogP contribution >= 0.6 is 0 Å². The van der Waals surface area contributed by atoms with Gasteiger partial charge < -0.3 is 5.11 Å². The second-order valence-electron chi connectivity index (χ2n) is 7.69. The van der Waals surface area contributed by atoms with E-state index in [1.165, 1.54) is 0 Å². The van der Waals surface area contributed by atoms with Crippen molar-refractivity contribution < 1.29 is 13.5 Å². The molecule has 0 saturated heterocycles. The highest BCUT2D eigenvalue weighted by molar-refractivity contribution is 7.93. The van der Waals surface area contributed by atoms with Crippen molar-refractivity contribution in [2.45, 2.75) is 75.0 Å². The average Bonchev–Trinajstić information content (AvgIpc) is 2.47. The number of hydrogen-bond acceptors (Lipinski definition) is 3. The minimum atomic E-state index is -3.61. The molecule has 1 fully saturated rings. The minimum absolute atomic E-state index is 0.321. The molecule has 1 saturated carbocycles. The molecule has 2 rings (SSSR count). The molecule has 22 heavy (non-hydrogen) atoms. The second-order valence-corrected chi connectivity index (χ2v) is 9.95. The van der Waals surface area contributed by atoms with Crippen LogP contribution < -0.4 is 0 Å². The van der Waals surface area contributed by atoms with Gasteiger partial charge in [-0.3, -0.25) is 0 Å². The van der Waals surface area contributed by atoms with Crippen molar-refractivity contribution >= 4 is 9.84 Å². The highest BCUT2D eigenvalue weighted by Crippen LogP contribution is 2.52. The quantitative estimate of drug-likeness (QED) is 0.915. The summed E-state index contributed by atoms with van der Waals surface area (Å²) in [4.78, 5) is 0.321.